The van der Waals surface area contributed by atoms with Gasteiger partial charge in [-0.25, -0.2) is 4.79 Å². The molecule has 0 spiro atoms. The van der Waals surface area contributed by atoms with Crippen LogP contribution in [0, 0.1) is 0 Å². The molecule has 1 fully saturated rings. The normalized spacial score (nSPS) is 16.2. The van der Waals surface area contributed by atoms with Gasteiger partial charge < -0.3 is 28.7 Å². The Kier molecular flexibility index (Phi) is 7.87. The van der Waals surface area contributed by atoms with E-state index in [0.29, 0.717) is 50.9 Å². The molecule has 2 aromatic carbocycles. The Morgan fingerprint density at radius 1 is 0.971 bits per heavy atom. The highest BCUT2D eigenvalue weighted by molar-refractivity contribution is 5.93. The van der Waals surface area contributed by atoms with E-state index in [9.17, 15) is 14.4 Å². The van der Waals surface area contributed by atoms with E-state index in [2.05, 4.69) is 6.07 Å². The second-order valence-electron chi connectivity index (χ2n) is 8.47. The molecule has 35 heavy (non-hydrogen) atoms. The summed E-state index contributed by atoms with van der Waals surface area (Å²) in [4.78, 5) is 41.3. The minimum absolute atomic E-state index is 0.147. The first-order valence-electron chi connectivity index (χ1n) is 11.7. The zero-order valence-electron chi connectivity index (χ0n) is 20.0. The molecule has 0 aromatic heterocycles. The number of carbonyl (C=O) groups is 3. The summed E-state index contributed by atoms with van der Waals surface area (Å²) in [6, 6.07) is 12.6. The molecule has 0 unspecified atom stereocenters. The summed E-state index contributed by atoms with van der Waals surface area (Å²) in [5.74, 6) is -0.395. The Morgan fingerprint density at radius 3 is 2.46 bits per heavy atom. The van der Waals surface area contributed by atoms with Crippen LogP contribution in [-0.2, 0) is 32.0 Å². The number of ether oxygens (including phenoxy) is 4. The number of methoxy groups -OCH3 is 1. The molecule has 2 aromatic rings. The van der Waals surface area contributed by atoms with Crippen LogP contribution in [0.15, 0.2) is 42.5 Å². The molecule has 0 saturated carbocycles. The average molecular weight is 483 g/mol. The van der Waals surface area contributed by atoms with Crippen LogP contribution in [0.25, 0.3) is 0 Å². The molecule has 186 valence electrons. The quantitative estimate of drug-likeness (QED) is 0.558. The predicted octanol–water partition coefficient (Wildman–Crippen LogP) is 2.06. The fraction of sp³-hybridized carbons (Fsp3) is 0.423. The third-order valence-electron chi connectivity index (χ3n) is 6.19. The largest absolute Gasteiger partial charge is 0.493 e. The number of esters is 1. The number of amides is 2. The highest BCUT2D eigenvalue weighted by Crippen LogP contribution is 2.29. The lowest BCUT2D eigenvalue weighted by molar-refractivity contribution is -0.140. The summed E-state index contributed by atoms with van der Waals surface area (Å²) < 4.78 is 21.7. The van der Waals surface area contributed by atoms with Gasteiger partial charge in [0.1, 0.15) is 0 Å². The Bertz CT molecular complexity index is 1080. The summed E-state index contributed by atoms with van der Waals surface area (Å²) in [6.07, 6.45) is -0.157. The smallest absolute Gasteiger partial charge is 0.339 e. The van der Waals surface area contributed by atoms with Crippen molar-refractivity contribution in [3.63, 3.8) is 0 Å². The van der Waals surface area contributed by atoms with Crippen molar-refractivity contribution >= 4 is 17.8 Å². The van der Waals surface area contributed by atoms with Crippen LogP contribution in [0.5, 0.6) is 11.5 Å². The van der Waals surface area contributed by atoms with Gasteiger partial charge in [0.25, 0.3) is 11.8 Å². The van der Waals surface area contributed by atoms with Crippen LogP contribution in [0.2, 0.25) is 0 Å². The third kappa shape index (κ3) is 5.92. The van der Waals surface area contributed by atoms with E-state index in [-0.39, 0.29) is 24.0 Å². The van der Waals surface area contributed by atoms with Gasteiger partial charge in [-0.1, -0.05) is 24.3 Å². The van der Waals surface area contributed by atoms with E-state index in [1.165, 1.54) is 24.8 Å². The van der Waals surface area contributed by atoms with Gasteiger partial charge in [-0.2, -0.15) is 0 Å². The molecule has 0 aliphatic carbocycles. The molecule has 1 atom stereocenters. The Hall–Kier alpha value is -3.59. The van der Waals surface area contributed by atoms with Crippen molar-refractivity contribution in [2.75, 3.05) is 46.6 Å². The van der Waals surface area contributed by atoms with E-state index in [0.717, 1.165) is 12.0 Å². The number of rotatable bonds is 7. The number of hydrogen-bond acceptors (Lipinski definition) is 7. The van der Waals surface area contributed by atoms with Crippen molar-refractivity contribution in [1.29, 1.82) is 0 Å². The summed E-state index contributed by atoms with van der Waals surface area (Å²) >= 11 is 0. The molecule has 2 heterocycles. The Balaban J connectivity index is 1.34. The molecule has 0 radical (unpaired) electrons. The maximum Gasteiger partial charge on any atom is 0.339 e. The van der Waals surface area contributed by atoms with E-state index >= 15 is 0 Å². The minimum atomic E-state index is -0.930. The predicted molar refractivity (Wildman–Crippen MR) is 126 cm³/mol. The molecule has 2 aliphatic heterocycles. The van der Waals surface area contributed by atoms with Gasteiger partial charge >= 0.3 is 5.97 Å². The Morgan fingerprint density at radius 2 is 1.71 bits per heavy atom. The first-order chi connectivity index (χ1) is 17.0. The average Bonchev–Trinajstić information content (AvgIpc) is 2.91. The summed E-state index contributed by atoms with van der Waals surface area (Å²) in [6.45, 7) is 4.60. The molecule has 0 bridgehead atoms. The van der Waals surface area contributed by atoms with Crippen LogP contribution in [0.3, 0.4) is 0 Å². The molecule has 4 rings (SSSR count). The second kappa shape index (κ2) is 11.2. The SMILES string of the molecule is COc1cc(C(=O)O[C@@H](C)C(=O)N2CCc3ccccc3C2)ccc1OCC(=O)N1CCOCC1. The maximum absolute atomic E-state index is 12.9. The highest BCUT2D eigenvalue weighted by Gasteiger charge is 2.27. The minimum Gasteiger partial charge on any atom is -0.493 e. The van der Waals surface area contributed by atoms with Crippen molar-refractivity contribution in [1.82, 2.24) is 9.80 Å². The van der Waals surface area contributed by atoms with Crippen molar-refractivity contribution < 1.29 is 33.3 Å². The van der Waals surface area contributed by atoms with Crippen molar-refractivity contribution in [2.45, 2.75) is 26.0 Å². The van der Waals surface area contributed by atoms with Gasteiger partial charge in [-0.05, 0) is 42.7 Å². The fourth-order valence-corrected chi connectivity index (χ4v) is 4.18. The summed E-state index contributed by atoms with van der Waals surface area (Å²) in [7, 11) is 1.45. The van der Waals surface area contributed by atoms with Gasteiger partial charge in [-0.3, -0.25) is 9.59 Å². The first-order valence-corrected chi connectivity index (χ1v) is 11.7. The number of hydrogen-bond donors (Lipinski definition) is 0. The third-order valence-corrected chi connectivity index (χ3v) is 6.19. The zero-order chi connectivity index (χ0) is 24.8. The van der Waals surface area contributed by atoms with Crippen molar-refractivity contribution in [2.24, 2.45) is 0 Å². The van der Waals surface area contributed by atoms with Crippen LogP contribution in [0.1, 0.15) is 28.4 Å². The summed E-state index contributed by atoms with van der Waals surface area (Å²) in [5, 5.41) is 0. The van der Waals surface area contributed by atoms with Crippen molar-refractivity contribution in [3.05, 3.63) is 59.2 Å². The standard InChI is InChI=1S/C26H30N2O7/c1-18(25(30)28-10-9-19-5-3-4-6-21(19)16-28)35-26(31)20-7-8-22(23(15-20)32-2)34-17-24(29)27-11-13-33-14-12-27/h3-8,15,18H,9-14,16-17H2,1-2H3/t18-/m0/s1. The van der Waals surface area contributed by atoms with Gasteiger partial charge in [0.05, 0.1) is 25.9 Å². The van der Waals surface area contributed by atoms with Crippen LogP contribution < -0.4 is 9.47 Å². The molecule has 9 heteroatoms. The number of carbonyl (C=O) groups excluding carboxylic acids is 3. The number of morpholine rings is 1. The van der Waals surface area contributed by atoms with Gasteiger partial charge in [0, 0.05) is 26.2 Å². The molecule has 2 amide bonds. The zero-order valence-corrected chi connectivity index (χ0v) is 20.0. The van der Waals surface area contributed by atoms with E-state index in [1.807, 2.05) is 18.2 Å². The number of benzene rings is 2. The molecule has 1 saturated heterocycles. The molecule has 9 nitrogen and oxygen atoms in total. The molecular formula is C26H30N2O7. The van der Waals surface area contributed by atoms with E-state index < -0.39 is 12.1 Å². The van der Waals surface area contributed by atoms with E-state index in [1.54, 1.807) is 22.8 Å². The highest BCUT2D eigenvalue weighted by atomic mass is 16.5. The lowest BCUT2D eigenvalue weighted by atomic mass is 9.99. The lowest BCUT2D eigenvalue weighted by Crippen LogP contribution is -2.43. The topological polar surface area (TPSA) is 94.6 Å². The first kappa shape index (κ1) is 24.5. The van der Waals surface area contributed by atoms with Gasteiger partial charge in [0.15, 0.2) is 24.2 Å². The number of nitrogens with zero attached hydrogens (tertiary/aromatic N) is 2. The van der Waals surface area contributed by atoms with E-state index in [4.69, 9.17) is 18.9 Å². The Labute approximate surface area is 204 Å². The maximum atomic E-state index is 12.9. The van der Waals surface area contributed by atoms with Crippen molar-refractivity contribution in [3.8, 4) is 11.5 Å². The molecular weight excluding hydrogens is 452 g/mol. The van der Waals surface area contributed by atoms with Crippen LogP contribution in [0.4, 0.5) is 0 Å². The van der Waals surface area contributed by atoms with Gasteiger partial charge in [-0.15, -0.1) is 0 Å². The molecule has 2 aliphatic rings. The van der Waals surface area contributed by atoms with Crippen LogP contribution in [-0.4, -0.2) is 80.3 Å². The number of fused-ring (bicyclic) bond motifs is 1. The van der Waals surface area contributed by atoms with Crippen LogP contribution >= 0.6 is 0 Å². The monoisotopic (exact) mass is 482 g/mol. The lowest BCUT2D eigenvalue weighted by Gasteiger charge is -2.30. The second-order valence-corrected chi connectivity index (χ2v) is 8.47. The van der Waals surface area contributed by atoms with Gasteiger partial charge in [0.2, 0.25) is 0 Å². The molecule has 0 N–H and O–H groups in total. The summed E-state index contributed by atoms with van der Waals surface area (Å²) in [5.41, 5.74) is 2.57. The fourth-order valence-electron chi connectivity index (χ4n) is 4.18.